The van der Waals surface area contributed by atoms with Gasteiger partial charge in [-0.3, -0.25) is 14.6 Å². The molecule has 7 nitrogen and oxygen atoms in total. The van der Waals surface area contributed by atoms with Crippen molar-refractivity contribution in [2.24, 2.45) is 5.41 Å². The van der Waals surface area contributed by atoms with E-state index in [4.69, 9.17) is 9.47 Å². The lowest BCUT2D eigenvalue weighted by molar-refractivity contribution is -0.146. The van der Waals surface area contributed by atoms with Gasteiger partial charge in [0, 0.05) is 44.1 Å². The van der Waals surface area contributed by atoms with Gasteiger partial charge in [0.25, 0.3) is 5.91 Å². The molecule has 4 rings (SSSR count). The fraction of sp³-hybridized carbons (Fsp3) is 0.435. The van der Waals surface area contributed by atoms with E-state index in [0.717, 1.165) is 18.4 Å². The van der Waals surface area contributed by atoms with Gasteiger partial charge >= 0.3 is 0 Å². The van der Waals surface area contributed by atoms with E-state index in [2.05, 4.69) is 4.98 Å². The van der Waals surface area contributed by atoms with Gasteiger partial charge in [-0.15, -0.1) is 0 Å². The highest BCUT2D eigenvalue weighted by Crippen LogP contribution is 2.41. The summed E-state index contributed by atoms with van der Waals surface area (Å²) in [5.74, 6) is 1.38. The van der Waals surface area contributed by atoms with E-state index in [1.807, 2.05) is 23.1 Å². The van der Waals surface area contributed by atoms with Crippen molar-refractivity contribution in [3.8, 4) is 11.5 Å². The van der Waals surface area contributed by atoms with Crippen molar-refractivity contribution < 1.29 is 19.1 Å². The Labute approximate surface area is 176 Å². The fourth-order valence-corrected chi connectivity index (χ4v) is 4.68. The average Bonchev–Trinajstić information content (AvgIpc) is 3.21. The summed E-state index contributed by atoms with van der Waals surface area (Å²) in [6.07, 6.45) is 5.67. The highest BCUT2D eigenvalue weighted by atomic mass is 16.5. The standard InChI is InChI=1S/C23H27N3O4/c1-29-19-8-3-6-18(20(19)30-2)15-25-12-5-9-23(22(25)28)10-13-26(16-23)21(27)17-7-4-11-24-14-17/h3-4,6-8,11,14H,5,9-10,12-13,15-16H2,1-2H3/t23-/m1/s1. The van der Waals surface area contributed by atoms with E-state index in [1.54, 1.807) is 43.6 Å². The van der Waals surface area contributed by atoms with Gasteiger partial charge in [0.1, 0.15) is 0 Å². The smallest absolute Gasteiger partial charge is 0.255 e. The quantitative estimate of drug-likeness (QED) is 0.759. The van der Waals surface area contributed by atoms with E-state index in [9.17, 15) is 9.59 Å². The number of para-hydroxylation sites is 1. The van der Waals surface area contributed by atoms with Gasteiger partial charge in [-0.05, 0) is 37.5 Å². The van der Waals surface area contributed by atoms with Crippen LogP contribution in [0.4, 0.5) is 0 Å². The van der Waals surface area contributed by atoms with Crippen molar-refractivity contribution in [1.82, 2.24) is 14.8 Å². The molecule has 0 bridgehead atoms. The number of rotatable bonds is 5. The van der Waals surface area contributed by atoms with Crippen LogP contribution in [0.25, 0.3) is 0 Å². The molecule has 158 valence electrons. The molecule has 1 spiro atoms. The molecule has 2 aromatic rings. The maximum atomic E-state index is 13.5. The number of pyridine rings is 1. The first-order valence-electron chi connectivity index (χ1n) is 10.3. The molecule has 2 saturated heterocycles. The lowest BCUT2D eigenvalue weighted by atomic mass is 9.78. The van der Waals surface area contributed by atoms with Crippen molar-refractivity contribution in [3.05, 3.63) is 53.9 Å². The van der Waals surface area contributed by atoms with Gasteiger partial charge in [0.05, 0.1) is 25.2 Å². The Bertz CT molecular complexity index is 933. The first kappa shape index (κ1) is 20.2. The highest BCUT2D eigenvalue weighted by Gasteiger charge is 2.49. The third-order valence-electron chi connectivity index (χ3n) is 6.22. The zero-order chi connectivity index (χ0) is 21.1. The second kappa shape index (κ2) is 8.34. The van der Waals surface area contributed by atoms with Crippen LogP contribution in [-0.4, -0.2) is 60.5 Å². The van der Waals surface area contributed by atoms with E-state index < -0.39 is 5.41 Å². The monoisotopic (exact) mass is 409 g/mol. The van der Waals surface area contributed by atoms with Crippen LogP contribution < -0.4 is 9.47 Å². The summed E-state index contributed by atoms with van der Waals surface area (Å²) in [4.78, 5) is 34.1. The number of hydrogen-bond donors (Lipinski definition) is 0. The summed E-state index contributed by atoms with van der Waals surface area (Å²) >= 11 is 0. The Balaban J connectivity index is 1.51. The second-order valence-electron chi connectivity index (χ2n) is 7.98. The molecule has 0 aliphatic carbocycles. The zero-order valence-corrected chi connectivity index (χ0v) is 17.5. The van der Waals surface area contributed by atoms with Gasteiger partial charge in [0.2, 0.25) is 5.91 Å². The van der Waals surface area contributed by atoms with Crippen LogP contribution in [0.1, 0.15) is 35.2 Å². The number of likely N-dealkylation sites (tertiary alicyclic amines) is 2. The second-order valence-corrected chi connectivity index (χ2v) is 7.98. The van der Waals surface area contributed by atoms with Gasteiger partial charge in [-0.1, -0.05) is 12.1 Å². The normalized spacial score (nSPS) is 21.2. The maximum Gasteiger partial charge on any atom is 0.255 e. The lowest BCUT2D eigenvalue weighted by Crippen LogP contribution is -2.50. The number of ether oxygens (including phenoxy) is 2. The molecule has 2 aliphatic rings. The van der Waals surface area contributed by atoms with Crippen molar-refractivity contribution in [1.29, 1.82) is 0 Å². The number of piperidine rings is 1. The van der Waals surface area contributed by atoms with Crippen LogP contribution in [0.2, 0.25) is 0 Å². The molecule has 0 unspecified atom stereocenters. The summed E-state index contributed by atoms with van der Waals surface area (Å²) in [5.41, 5.74) is 0.988. The van der Waals surface area contributed by atoms with Gasteiger partial charge < -0.3 is 19.3 Å². The Hall–Kier alpha value is -3.09. The number of benzene rings is 1. The SMILES string of the molecule is COc1cccc(CN2CCC[C@]3(CCN(C(=O)c4cccnc4)C3)C2=O)c1OC. The molecule has 0 N–H and O–H groups in total. The number of nitrogens with zero attached hydrogens (tertiary/aromatic N) is 3. The van der Waals surface area contributed by atoms with Crippen LogP contribution in [0, 0.1) is 5.41 Å². The highest BCUT2D eigenvalue weighted by molar-refractivity contribution is 5.95. The fourth-order valence-electron chi connectivity index (χ4n) is 4.68. The Kier molecular flexibility index (Phi) is 5.61. The minimum atomic E-state index is -0.498. The summed E-state index contributed by atoms with van der Waals surface area (Å²) in [7, 11) is 3.22. The molecule has 0 saturated carbocycles. The largest absolute Gasteiger partial charge is 0.493 e. The first-order valence-corrected chi connectivity index (χ1v) is 10.3. The Morgan fingerprint density at radius 3 is 2.73 bits per heavy atom. The number of carbonyl (C=O) groups is 2. The maximum absolute atomic E-state index is 13.5. The predicted octanol–water partition coefficient (Wildman–Crippen LogP) is 2.75. The molecule has 1 atom stereocenters. The number of hydrogen-bond acceptors (Lipinski definition) is 5. The third-order valence-corrected chi connectivity index (χ3v) is 6.22. The van der Waals surface area contributed by atoms with Crippen molar-refractivity contribution >= 4 is 11.8 Å². The zero-order valence-electron chi connectivity index (χ0n) is 17.5. The first-order chi connectivity index (χ1) is 14.6. The van der Waals surface area contributed by atoms with E-state index in [1.165, 1.54) is 0 Å². The Morgan fingerprint density at radius 2 is 2.00 bits per heavy atom. The minimum Gasteiger partial charge on any atom is -0.493 e. The number of aromatic nitrogens is 1. The summed E-state index contributed by atoms with van der Waals surface area (Å²) in [6, 6.07) is 9.24. The van der Waals surface area contributed by atoms with E-state index in [0.29, 0.717) is 49.7 Å². The number of carbonyl (C=O) groups excluding carboxylic acids is 2. The molecule has 1 aromatic carbocycles. The number of methoxy groups -OCH3 is 2. The van der Waals surface area contributed by atoms with Crippen LogP contribution in [0.15, 0.2) is 42.7 Å². The molecule has 1 aromatic heterocycles. The molecule has 2 aliphatic heterocycles. The molecular formula is C23H27N3O4. The minimum absolute atomic E-state index is 0.0561. The average molecular weight is 409 g/mol. The molecular weight excluding hydrogens is 382 g/mol. The molecule has 3 heterocycles. The van der Waals surface area contributed by atoms with Crippen LogP contribution in [0.3, 0.4) is 0 Å². The van der Waals surface area contributed by atoms with Crippen molar-refractivity contribution in [2.45, 2.75) is 25.8 Å². The van der Waals surface area contributed by atoms with Gasteiger partial charge in [-0.25, -0.2) is 0 Å². The van der Waals surface area contributed by atoms with E-state index in [-0.39, 0.29) is 11.8 Å². The van der Waals surface area contributed by atoms with E-state index >= 15 is 0 Å². The molecule has 2 fully saturated rings. The van der Waals surface area contributed by atoms with Crippen molar-refractivity contribution in [2.75, 3.05) is 33.9 Å². The summed E-state index contributed by atoms with van der Waals surface area (Å²) in [6.45, 7) is 2.23. The van der Waals surface area contributed by atoms with Crippen LogP contribution in [0.5, 0.6) is 11.5 Å². The predicted molar refractivity (Wildman–Crippen MR) is 111 cm³/mol. The van der Waals surface area contributed by atoms with Crippen molar-refractivity contribution in [3.63, 3.8) is 0 Å². The van der Waals surface area contributed by atoms with Crippen LogP contribution >= 0.6 is 0 Å². The van der Waals surface area contributed by atoms with Crippen LogP contribution in [-0.2, 0) is 11.3 Å². The summed E-state index contributed by atoms with van der Waals surface area (Å²) < 4.78 is 10.9. The molecule has 7 heteroatoms. The number of amides is 2. The third kappa shape index (κ3) is 3.60. The lowest BCUT2D eigenvalue weighted by Gasteiger charge is -2.39. The topological polar surface area (TPSA) is 72.0 Å². The Morgan fingerprint density at radius 1 is 1.13 bits per heavy atom. The molecule has 2 amide bonds. The van der Waals surface area contributed by atoms with Gasteiger partial charge in [-0.2, -0.15) is 0 Å². The van der Waals surface area contributed by atoms with Gasteiger partial charge in [0.15, 0.2) is 11.5 Å². The summed E-state index contributed by atoms with van der Waals surface area (Å²) in [5, 5.41) is 0. The molecule has 30 heavy (non-hydrogen) atoms. The molecule has 0 radical (unpaired) electrons.